The molecule has 1 saturated carbocycles. The van der Waals surface area contributed by atoms with E-state index in [9.17, 15) is 14.7 Å². The number of amides is 1. The molecule has 0 aromatic heterocycles. The number of aliphatic hydroxyl groups is 1. The van der Waals surface area contributed by atoms with E-state index in [4.69, 9.17) is 4.74 Å². The fourth-order valence-corrected chi connectivity index (χ4v) is 4.48. The van der Waals surface area contributed by atoms with Crippen molar-refractivity contribution in [3.63, 3.8) is 0 Å². The molecule has 0 saturated heterocycles. The van der Waals surface area contributed by atoms with Crippen molar-refractivity contribution in [2.45, 2.75) is 63.9 Å². The van der Waals surface area contributed by atoms with Crippen LogP contribution in [0, 0.1) is 5.92 Å². The Morgan fingerprint density at radius 2 is 1.69 bits per heavy atom. The highest BCUT2D eigenvalue weighted by atomic mass is 16.5. The summed E-state index contributed by atoms with van der Waals surface area (Å²) in [5.41, 5.74) is 1.49. The Hall–Kier alpha value is -2.66. The molecule has 0 spiro atoms. The third-order valence-electron chi connectivity index (χ3n) is 6.63. The molecule has 5 heteroatoms. The maximum Gasteiger partial charge on any atom is 0.318 e. The molecule has 5 nitrogen and oxygen atoms in total. The monoisotopic (exact) mass is 437 g/mol. The highest BCUT2D eigenvalue weighted by Crippen LogP contribution is 2.43. The Morgan fingerprint density at radius 3 is 2.31 bits per heavy atom. The molecule has 2 aromatic carbocycles. The summed E-state index contributed by atoms with van der Waals surface area (Å²) in [4.78, 5) is 27.1. The molecule has 32 heavy (non-hydrogen) atoms. The SMILES string of the molecule is CC(C)c1ccc(C(C)C(=O)Oc2cccc(C3(O)CCCCC3C(=O)N(C)C)c2)cc1. The van der Waals surface area contributed by atoms with E-state index in [0.717, 1.165) is 18.4 Å². The average Bonchev–Trinajstić information content (AvgIpc) is 2.78. The number of benzene rings is 2. The first-order valence-electron chi connectivity index (χ1n) is 11.5. The fraction of sp³-hybridized carbons (Fsp3) is 0.481. The lowest BCUT2D eigenvalue weighted by molar-refractivity contribution is -0.148. The molecular weight excluding hydrogens is 402 g/mol. The summed E-state index contributed by atoms with van der Waals surface area (Å²) < 4.78 is 5.68. The van der Waals surface area contributed by atoms with E-state index in [-0.39, 0.29) is 11.9 Å². The topological polar surface area (TPSA) is 66.8 Å². The highest BCUT2D eigenvalue weighted by Gasteiger charge is 2.45. The standard InChI is InChI=1S/C27H35NO4/c1-18(2)20-12-14-21(15-13-20)19(3)26(30)32-23-10-8-9-22(17-23)27(31)16-7-6-11-24(27)25(29)28(4)5/h8-10,12-15,17-19,24,31H,6-7,11,16H2,1-5H3. The second-order valence-corrected chi connectivity index (χ2v) is 9.45. The van der Waals surface area contributed by atoms with Gasteiger partial charge in [0.15, 0.2) is 0 Å². The predicted octanol–water partition coefficient (Wildman–Crippen LogP) is 4.99. The van der Waals surface area contributed by atoms with Crippen LogP contribution in [0.15, 0.2) is 48.5 Å². The molecule has 1 amide bonds. The Balaban J connectivity index is 1.79. The van der Waals surface area contributed by atoms with Crippen molar-refractivity contribution in [3.05, 3.63) is 65.2 Å². The first kappa shape index (κ1) is 24.0. The lowest BCUT2D eigenvalue weighted by atomic mass is 9.71. The van der Waals surface area contributed by atoms with Gasteiger partial charge in [-0.05, 0) is 54.5 Å². The summed E-state index contributed by atoms with van der Waals surface area (Å²) in [6.07, 6.45) is 2.91. The van der Waals surface area contributed by atoms with Crippen LogP contribution in [0.1, 0.15) is 75.0 Å². The van der Waals surface area contributed by atoms with Crippen LogP contribution in [0.3, 0.4) is 0 Å². The quantitative estimate of drug-likeness (QED) is 0.511. The van der Waals surface area contributed by atoms with Gasteiger partial charge >= 0.3 is 5.97 Å². The van der Waals surface area contributed by atoms with E-state index in [1.165, 1.54) is 10.5 Å². The Bertz CT molecular complexity index is 950. The number of rotatable bonds is 6. The Kier molecular flexibility index (Phi) is 7.40. The van der Waals surface area contributed by atoms with Crippen LogP contribution in [-0.4, -0.2) is 36.0 Å². The second-order valence-electron chi connectivity index (χ2n) is 9.45. The normalized spacial score (nSPS) is 21.8. The van der Waals surface area contributed by atoms with Crippen LogP contribution in [-0.2, 0) is 15.2 Å². The molecule has 172 valence electrons. The first-order chi connectivity index (χ1) is 15.1. The van der Waals surface area contributed by atoms with Crippen LogP contribution in [0.5, 0.6) is 5.75 Å². The van der Waals surface area contributed by atoms with Crippen LogP contribution in [0.4, 0.5) is 0 Å². The maximum atomic E-state index is 12.8. The summed E-state index contributed by atoms with van der Waals surface area (Å²) in [6, 6.07) is 15.0. The molecule has 2 aromatic rings. The molecular formula is C27H35NO4. The van der Waals surface area contributed by atoms with Crippen molar-refractivity contribution < 1.29 is 19.4 Å². The summed E-state index contributed by atoms with van der Waals surface area (Å²) in [6.45, 7) is 6.10. The third-order valence-corrected chi connectivity index (χ3v) is 6.63. The molecule has 1 fully saturated rings. The average molecular weight is 438 g/mol. The van der Waals surface area contributed by atoms with Gasteiger partial charge in [0.1, 0.15) is 11.4 Å². The smallest absolute Gasteiger partial charge is 0.318 e. The zero-order chi connectivity index (χ0) is 23.5. The van der Waals surface area contributed by atoms with Crippen molar-refractivity contribution in [2.24, 2.45) is 5.92 Å². The zero-order valence-corrected chi connectivity index (χ0v) is 19.8. The van der Waals surface area contributed by atoms with Crippen molar-refractivity contribution in [1.82, 2.24) is 4.90 Å². The molecule has 0 radical (unpaired) electrons. The third kappa shape index (κ3) is 5.04. The van der Waals surface area contributed by atoms with E-state index < -0.39 is 17.4 Å². The van der Waals surface area contributed by atoms with Crippen molar-refractivity contribution in [3.8, 4) is 5.75 Å². The Labute approximate surface area is 191 Å². The number of nitrogens with zero attached hydrogens (tertiary/aromatic N) is 1. The van der Waals surface area contributed by atoms with Gasteiger partial charge in [0, 0.05) is 14.1 Å². The first-order valence-corrected chi connectivity index (χ1v) is 11.5. The fourth-order valence-electron chi connectivity index (χ4n) is 4.48. The van der Waals surface area contributed by atoms with Gasteiger partial charge < -0.3 is 14.7 Å². The summed E-state index contributed by atoms with van der Waals surface area (Å²) in [7, 11) is 3.43. The van der Waals surface area contributed by atoms with Crippen LogP contribution < -0.4 is 4.74 Å². The molecule has 3 unspecified atom stereocenters. The lowest BCUT2D eigenvalue weighted by Crippen LogP contribution is -2.46. The number of carbonyl (C=O) groups is 2. The molecule has 0 bridgehead atoms. The number of hydrogen-bond acceptors (Lipinski definition) is 4. The highest BCUT2D eigenvalue weighted by molar-refractivity contribution is 5.81. The van der Waals surface area contributed by atoms with Gasteiger partial charge in [-0.2, -0.15) is 0 Å². The van der Waals surface area contributed by atoms with Gasteiger partial charge in [-0.25, -0.2) is 0 Å². The van der Waals surface area contributed by atoms with Gasteiger partial charge in [0.05, 0.1) is 11.8 Å². The largest absolute Gasteiger partial charge is 0.426 e. The second kappa shape index (κ2) is 9.86. The van der Waals surface area contributed by atoms with E-state index in [2.05, 4.69) is 13.8 Å². The van der Waals surface area contributed by atoms with Gasteiger partial charge in [-0.15, -0.1) is 0 Å². The van der Waals surface area contributed by atoms with Crippen molar-refractivity contribution in [1.29, 1.82) is 0 Å². The van der Waals surface area contributed by atoms with E-state index in [1.807, 2.05) is 37.3 Å². The van der Waals surface area contributed by atoms with Crippen LogP contribution >= 0.6 is 0 Å². The minimum Gasteiger partial charge on any atom is -0.426 e. The van der Waals surface area contributed by atoms with E-state index >= 15 is 0 Å². The summed E-state index contributed by atoms with van der Waals surface area (Å²) in [5.74, 6) is -0.531. The maximum absolute atomic E-state index is 12.8. The number of carbonyl (C=O) groups excluding carboxylic acids is 2. The Morgan fingerprint density at radius 1 is 1.03 bits per heavy atom. The molecule has 1 N–H and O–H groups in total. The van der Waals surface area contributed by atoms with E-state index in [1.54, 1.807) is 32.3 Å². The number of ether oxygens (including phenoxy) is 1. The molecule has 0 aliphatic heterocycles. The molecule has 1 aliphatic carbocycles. The zero-order valence-electron chi connectivity index (χ0n) is 19.8. The molecule has 3 atom stereocenters. The summed E-state index contributed by atoms with van der Waals surface area (Å²) in [5, 5.41) is 11.6. The van der Waals surface area contributed by atoms with Gasteiger partial charge in [-0.1, -0.05) is 63.1 Å². The van der Waals surface area contributed by atoms with Crippen LogP contribution in [0.25, 0.3) is 0 Å². The molecule has 1 aliphatic rings. The number of esters is 1. The predicted molar refractivity (Wildman–Crippen MR) is 126 cm³/mol. The molecule has 3 rings (SSSR count). The lowest BCUT2D eigenvalue weighted by Gasteiger charge is -2.40. The minimum absolute atomic E-state index is 0.0759. The summed E-state index contributed by atoms with van der Waals surface area (Å²) >= 11 is 0. The van der Waals surface area contributed by atoms with Gasteiger partial charge in [0.2, 0.25) is 5.91 Å². The van der Waals surface area contributed by atoms with Crippen LogP contribution in [0.2, 0.25) is 0 Å². The van der Waals surface area contributed by atoms with Crippen molar-refractivity contribution >= 4 is 11.9 Å². The minimum atomic E-state index is -1.26. The van der Waals surface area contributed by atoms with Gasteiger partial charge in [-0.3, -0.25) is 9.59 Å². The van der Waals surface area contributed by atoms with Gasteiger partial charge in [0.25, 0.3) is 0 Å². The van der Waals surface area contributed by atoms with E-state index in [0.29, 0.717) is 30.1 Å². The molecule has 0 heterocycles. The number of hydrogen-bond donors (Lipinski definition) is 1. The van der Waals surface area contributed by atoms with Crippen molar-refractivity contribution in [2.75, 3.05) is 14.1 Å².